The Kier molecular flexibility index (Phi) is 5.31. The molecular weight excluding hydrogens is 422 g/mol. The van der Waals surface area contributed by atoms with Crippen LogP contribution in [0.4, 0.5) is 11.4 Å². The van der Waals surface area contributed by atoms with Gasteiger partial charge in [-0.3, -0.25) is 0 Å². The van der Waals surface area contributed by atoms with E-state index in [1.807, 2.05) is 0 Å². The largest absolute Gasteiger partial charge is 0.355 e. The van der Waals surface area contributed by atoms with Gasteiger partial charge >= 0.3 is 0 Å². The second kappa shape index (κ2) is 8.77. The van der Waals surface area contributed by atoms with Crippen LogP contribution < -0.4 is 5.32 Å². The molecule has 0 aliphatic heterocycles. The number of hydrogen-bond donors (Lipinski definition) is 1. The van der Waals surface area contributed by atoms with Crippen molar-refractivity contribution in [3.05, 3.63) is 132 Å². The molecule has 0 atom stereocenters. The van der Waals surface area contributed by atoms with Gasteiger partial charge in [0.2, 0.25) is 0 Å². The Morgan fingerprint density at radius 2 is 1.03 bits per heavy atom. The van der Waals surface area contributed by atoms with Crippen molar-refractivity contribution in [1.82, 2.24) is 0 Å². The lowest BCUT2D eigenvalue weighted by molar-refractivity contribution is 1.44. The highest BCUT2D eigenvalue weighted by Crippen LogP contribution is 2.40. The Hall–Kier alpha value is -4.36. The summed E-state index contributed by atoms with van der Waals surface area (Å²) < 4.78 is 0. The lowest BCUT2D eigenvalue weighted by Crippen LogP contribution is -1.95. The van der Waals surface area contributed by atoms with Crippen molar-refractivity contribution in [2.24, 2.45) is 0 Å². The molecule has 0 unspecified atom stereocenters. The number of aryl methyl sites for hydroxylation is 2. The average Bonchev–Trinajstić information content (AvgIpc) is 2.89. The summed E-state index contributed by atoms with van der Waals surface area (Å²) in [6.07, 6.45) is 0. The number of hydrogen-bond acceptors (Lipinski definition) is 1. The van der Waals surface area contributed by atoms with Crippen LogP contribution in [0.5, 0.6) is 0 Å². The Bertz CT molecular complexity index is 1600. The number of fused-ring (bicyclic) bond motifs is 2. The number of nitrogens with one attached hydrogen (secondary N) is 1. The van der Waals surface area contributed by atoms with Gasteiger partial charge < -0.3 is 5.32 Å². The SMILES string of the molecule is Cc1ccc(Nc2ccc(-c3c4ccccc4cc4ccccc34)cc2-c2ccc(C)cc2)cc1. The van der Waals surface area contributed by atoms with E-state index in [0.29, 0.717) is 0 Å². The van der Waals surface area contributed by atoms with Crippen LogP contribution in [0.15, 0.2) is 121 Å². The molecule has 1 N–H and O–H groups in total. The van der Waals surface area contributed by atoms with Crippen molar-refractivity contribution in [3.63, 3.8) is 0 Å². The molecule has 0 spiro atoms. The molecule has 0 aromatic heterocycles. The van der Waals surface area contributed by atoms with E-state index in [4.69, 9.17) is 0 Å². The maximum atomic E-state index is 3.67. The van der Waals surface area contributed by atoms with Crippen molar-refractivity contribution in [2.45, 2.75) is 13.8 Å². The van der Waals surface area contributed by atoms with Crippen molar-refractivity contribution in [2.75, 3.05) is 5.32 Å². The highest BCUT2D eigenvalue weighted by Gasteiger charge is 2.13. The fourth-order valence-corrected chi connectivity index (χ4v) is 4.90. The van der Waals surface area contributed by atoms with Crippen molar-refractivity contribution in [1.29, 1.82) is 0 Å². The molecule has 6 aromatic rings. The molecule has 6 rings (SSSR count). The van der Waals surface area contributed by atoms with Gasteiger partial charge in [0.1, 0.15) is 0 Å². The lowest BCUT2D eigenvalue weighted by Gasteiger charge is -2.17. The molecule has 0 saturated carbocycles. The maximum absolute atomic E-state index is 3.67. The van der Waals surface area contributed by atoms with E-state index in [-0.39, 0.29) is 0 Å². The second-order valence-electron chi connectivity index (χ2n) is 9.31. The lowest BCUT2D eigenvalue weighted by atomic mass is 9.90. The number of anilines is 2. The van der Waals surface area contributed by atoms with Gasteiger partial charge in [-0.2, -0.15) is 0 Å². The number of benzene rings is 6. The Morgan fingerprint density at radius 1 is 0.486 bits per heavy atom. The minimum absolute atomic E-state index is 1.09. The highest BCUT2D eigenvalue weighted by atomic mass is 14.9. The summed E-state index contributed by atoms with van der Waals surface area (Å²) in [7, 11) is 0. The zero-order valence-electron chi connectivity index (χ0n) is 20.0. The first kappa shape index (κ1) is 21.2. The fraction of sp³-hybridized carbons (Fsp3) is 0.0588. The van der Waals surface area contributed by atoms with E-state index in [1.54, 1.807) is 0 Å². The molecule has 0 bridgehead atoms. The normalized spacial score (nSPS) is 11.1. The summed E-state index contributed by atoms with van der Waals surface area (Å²) in [6.45, 7) is 4.25. The van der Waals surface area contributed by atoms with Crippen LogP contribution in [0.2, 0.25) is 0 Å². The third kappa shape index (κ3) is 4.06. The summed E-state index contributed by atoms with van der Waals surface area (Å²) in [6, 6.07) is 43.9. The van der Waals surface area contributed by atoms with E-state index in [1.165, 1.54) is 54.9 Å². The summed E-state index contributed by atoms with van der Waals surface area (Å²) in [5.41, 5.74) is 9.62. The average molecular weight is 450 g/mol. The second-order valence-corrected chi connectivity index (χ2v) is 9.31. The van der Waals surface area contributed by atoms with Crippen LogP contribution in [0.3, 0.4) is 0 Å². The molecule has 1 nitrogen and oxygen atoms in total. The van der Waals surface area contributed by atoms with E-state index >= 15 is 0 Å². The van der Waals surface area contributed by atoms with Gasteiger partial charge in [-0.05, 0) is 82.4 Å². The van der Waals surface area contributed by atoms with Gasteiger partial charge in [0, 0.05) is 16.9 Å². The van der Waals surface area contributed by atoms with Gasteiger partial charge in [0.15, 0.2) is 0 Å². The summed E-state index contributed by atoms with van der Waals surface area (Å²) >= 11 is 0. The van der Waals surface area contributed by atoms with Crippen molar-refractivity contribution < 1.29 is 0 Å². The van der Waals surface area contributed by atoms with Crippen LogP contribution >= 0.6 is 0 Å². The fourth-order valence-electron chi connectivity index (χ4n) is 4.90. The van der Waals surface area contributed by atoms with Crippen molar-refractivity contribution in [3.8, 4) is 22.3 Å². The number of rotatable bonds is 4. The summed E-state index contributed by atoms with van der Waals surface area (Å²) in [5, 5.41) is 8.75. The molecule has 0 fully saturated rings. The van der Waals surface area contributed by atoms with E-state index in [9.17, 15) is 0 Å². The third-order valence-corrected chi connectivity index (χ3v) is 6.77. The summed E-state index contributed by atoms with van der Waals surface area (Å²) in [4.78, 5) is 0. The van der Waals surface area contributed by atoms with Crippen molar-refractivity contribution >= 4 is 32.9 Å². The minimum Gasteiger partial charge on any atom is -0.355 e. The predicted octanol–water partition coefficient (Wildman–Crippen LogP) is 9.69. The summed E-state index contributed by atoms with van der Waals surface area (Å²) in [5.74, 6) is 0. The van der Waals surface area contributed by atoms with E-state index < -0.39 is 0 Å². The van der Waals surface area contributed by atoms with Crippen LogP contribution in [0.1, 0.15) is 11.1 Å². The van der Waals surface area contributed by atoms with Crippen LogP contribution in [-0.4, -0.2) is 0 Å². The highest BCUT2D eigenvalue weighted by molar-refractivity contribution is 6.13. The third-order valence-electron chi connectivity index (χ3n) is 6.77. The molecule has 35 heavy (non-hydrogen) atoms. The van der Waals surface area contributed by atoms with E-state index in [0.717, 1.165) is 11.4 Å². The molecule has 0 aliphatic rings. The first-order valence-electron chi connectivity index (χ1n) is 12.1. The van der Waals surface area contributed by atoms with Gasteiger partial charge in [-0.25, -0.2) is 0 Å². The van der Waals surface area contributed by atoms with Gasteiger partial charge in [-0.15, -0.1) is 0 Å². The van der Waals surface area contributed by atoms with E-state index in [2.05, 4.69) is 140 Å². The first-order valence-corrected chi connectivity index (χ1v) is 12.1. The zero-order chi connectivity index (χ0) is 23.8. The topological polar surface area (TPSA) is 12.0 Å². The Morgan fingerprint density at radius 3 is 1.66 bits per heavy atom. The molecule has 1 heteroatoms. The Labute approximate surface area is 206 Å². The molecule has 6 aromatic carbocycles. The molecule has 0 amide bonds. The Balaban J connectivity index is 1.59. The first-order chi connectivity index (χ1) is 17.2. The van der Waals surface area contributed by atoms with Gasteiger partial charge in [0.05, 0.1) is 0 Å². The van der Waals surface area contributed by atoms with Crippen LogP contribution in [0, 0.1) is 13.8 Å². The molecule has 0 radical (unpaired) electrons. The smallest absolute Gasteiger partial charge is 0.0464 e. The van der Waals surface area contributed by atoms with Crippen LogP contribution in [0.25, 0.3) is 43.8 Å². The molecule has 0 aliphatic carbocycles. The monoisotopic (exact) mass is 449 g/mol. The molecule has 0 saturated heterocycles. The standard InChI is InChI=1S/C34H27N/c1-23-11-15-25(16-12-23)32-22-28(17-20-33(32)35-29-18-13-24(2)14-19-29)34-30-9-5-3-7-26(30)21-27-8-4-6-10-31(27)34/h3-22,35H,1-2H3. The van der Waals surface area contributed by atoms with Gasteiger partial charge in [0.25, 0.3) is 0 Å². The van der Waals surface area contributed by atoms with Gasteiger partial charge in [-0.1, -0.05) is 102 Å². The molecule has 168 valence electrons. The molecule has 0 heterocycles. The molecular formula is C34H27N. The minimum atomic E-state index is 1.09. The van der Waals surface area contributed by atoms with Crippen LogP contribution in [-0.2, 0) is 0 Å². The zero-order valence-corrected chi connectivity index (χ0v) is 20.0. The predicted molar refractivity (Wildman–Crippen MR) is 152 cm³/mol. The maximum Gasteiger partial charge on any atom is 0.0464 e. The quantitative estimate of drug-likeness (QED) is 0.264.